The number of ether oxygens (including phenoxy) is 1. The van der Waals surface area contributed by atoms with Gasteiger partial charge in [-0.1, -0.05) is 30.7 Å². The van der Waals surface area contributed by atoms with Crippen LogP contribution in [0.2, 0.25) is 0 Å². The fraction of sp³-hybridized carbons (Fsp3) is 0.550. The van der Waals surface area contributed by atoms with Gasteiger partial charge in [0.15, 0.2) is 5.76 Å². The highest BCUT2D eigenvalue weighted by atomic mass is 16.5. The van der Waals surface area contributed by atoms with Crippen LogP contribution >= 0.6 is 0 Å². The highest BCUT2D eigenvalue weighted by molar-refractivity contribution is 5.60. The van der Waals surface area contributed by atoms with Crippen molar-refractivity contribution >= 4 is 0 Å². The maximum Gasteiger partial charge on any atom is 0.209 e. The monoisotopic (exact) mass is 342 g/mol. The lowest BCUT2D eigenvalue weighted by atomic mass is 9.94. The summed E-state index contributed by atoms with van der Waals surface area (Å²) in [4.78, 5) is 6.87. The molecule has 1 aliphatic carbocycles. The van der Waals surface area contributed by atoms with Crippen molar-refractivity contribution in [1.82, 2.24) is 9.88 Å². The van der Waals surface area contributed by atoms with Gasteiger partial charge >= 0.3 is 0 Å². The van der Waals surface area contributed by atoms with Crippen LogP contribution in [0, 0.1) is 12.8 Å². The van der Waals surface area contributed by atoms with Crippen LogP contribution in [-0.4, -0.2) is 46.9 Å². The Balaban J connectivity index is 1.50. The molecular weight excluding hydrogens is 316 g/mol. The van der Waals surface area contributed by atoms with E-state index < -0.39 is 0 Å². The molecule has 4 rings (SSSR count). The van der Waals surface area contributed by atoms with E-state index >= 15 is 0 Å². The maximum atomic E-state index is 10.3. The molecule has 2 aromatic rings. The van der Waals surface area contributed by atoms with E-state index in [-0.39, 0.29) is 12.1 Å². The summed E-state index contributed by atoms with van der Waals surface area (Å²) in [6, 6.07) is 8.44. The second kappa shape index (κ2) is 7.28. The third-order valence-corrected chi connectivity index (χ3v) is 5.61. The van der Waals surface area contributed by atoms with Gasteiger partial charge in [-0.2, -0.15) is 0 Å². The number of aromatic nitrogens is 1. The summed E-state index contributed by atoms with van der Waals surface area (Å²) in [6.45, 7) is 5.02. The molecule has 0 unspecified atom stereocenters. The van der Waals surface area contributed by atoms with Crippen LogP contribution in [0.4, 0.5) is 0 Å². The molecule has 0 spiro atoms. The molecule has 5 nitrogen and oxygen atoms in total. The van der Waals surface area contributed by atoms with Gasteiger partial charge in [0.25, 0.3) is 0 Å². The number of oxazole rings is 1. The van der Waals surface area contributed by atoms with Gasteiger partial charge in [0.2, 0.25) is 5.89 Å². The van der Waals surface area contributed by atoms with Gasteiger partial charge in [-0.15, -0.1) is 0 Å². The Labute approximate surface area is 148 Å². The van der Waals surface area contributed by atoms with Crippen LogP contribution in [0.15, 0.2) is 34.9 Å². The normalized spacial score (nSPS) is 27.7. The Morgan fingerprint density at radius 1 is 1.28 bits per heavy atom. The number of aliphatic hydroxyl groups is 1. The van der Waals surface area contributed by atoms with E-state index in [9.17, 15) is 5.11 Å². The molecule has 1 aromatic heterocycles. The Morgan fingerprint density at radius 2 is 2.16 bits per heavy atom. The predicted molar refractivity (Wildman–Crippen MR) is 95.0 cm³/mol. The van der Waals surface area contributed by atoms with Gasteiger partial charge in [-0.05, 0) is 25.3 Å². The second-order valence-corrected chi connectivity index (χ2v) is 7.21. The van der Waals surface area contributed by atoms with Crippen molar-refractivity contribution < 1.29 is 14.3 Å². The summed E-state index contributed by atoms with van der Waals surface area (Å²) in [5.41, 5.74) is 2.27. The molecule has 0 radical (unpaired) electrons. The lowest BCUT2D eigenvalue weighted by Gasteiger charge is -2.39. The van der Waals surface area contributed by atoms with Crippen LogP contribution in [0.25, 0.3) is 11.3 Å². The Hall–Kier alpha value is -1.69. The highest BCUT2D eigenvalue weighted by Crippen LogP contribution is 2.33. The summed E-state index contributed by atoms with van der Waals surface area (Å²) in [7, 11) is 0. The molecule has 25 heavy (non-hydrogen) atoms. The quantitative estimate of drug-likeness (QED) is 0.925. The van der Waals surface area contributed by atoms with Crippen LogP contribution in [0.3, 0.4) is 0 Å². The van der Waals surface area contributed by atoms with Crippen LogP contribution < -0.4 is 0 Å². The minimum absolute atomic E-state index is 0.207. The molecular formula is C20H26N2O3. The fourth-order valence-electron chi connectivity index (χ4n) is 4.20. The third kappa shape index (κ3) is 3.50. The van der Waals surface area contributed by atoms with E-state index in [1.54, 1.807) is 0 Å². The van der Waals surface area contributed by atoms with E-state index in [0.717, 1.165) is 49.6 Å². The summed E-state index contributed by atoms with van der Waals surface area (Å²) >= 11 is 0. The smallest absolute Gasteiger partial charge is 0.209 e. The standard InChI is InChI=1S/C20H26N2O3/c1-14-5-2-3-6-15(14)19-11-21-20(25-19)12-22-9-10-24-13-17(22)16-7-4-8-18(16)23/h2-3,5-6,11,16-18,23H,4,7-10,12-13H2,1H3/t16-,17-,18-/m1/s1. The Bertz CT molecular complexity index is 714. The number of benzene rings is 1. The van der Waals surface area contributed by atoms with Crippen LogP contribution in [0.5, 0.6) is 0 Å². The molecule has 3 atom stereocenters. The van der Waals surface area contributed by atoms with Gasteiger partial charge in [0, 0.05) is 24.1 Å². The topological polar surface area (TPSA) is 58.7 Å². The first kappa shape index (κ1) is 16.8. The number of rotatable bonds is 4. The molecule has 2 heterocycles. The van der Waals surface area contributed by atoms with E-state index in [1.807, 2.05) is 18.3 Å². The number of nitrogens with zero attached hydrogens (tertiary/aromatic N) is 2. The molecule has 2 aliphatic rings. The van der Waals surface area contributed by atoms with Gasteiger partial charge < -0.3 is 14.3 Å². The van der Waals surface area contributed by atoms with Crippen LogP contribution in [-0.2, 0) is 11.3 Å². The fourth-order valence-corrected chi connectivity index (χ4v) is 4.20. The molecule has 2 fully saturated rings. The SMILES string of the molecule is Cc1ccccc1-c1cnc(CN2CCOC[C@@H]2[C@H]2CCC[C@H]2O)o1. The molecule has 1 saturated carbocycles. The zero-order valence-electron chi connectivity index (χ0n) is 14.7. The van der Waals surface area contributed by atoms with Gasteiger partial charge in [-0.3, -0.25) is 4.90 Å². The first-order valence-corrected chi connectivity index (χ1v) is 9.23. The number of morpholine rings is 1. The number of hydrogen-bond donors (Lipinski definition) is 1. The highest BCUT2D eigenvalue weighted by Gasteiger charge is 2.37. The molecule has 1 aliphatic heterocycles. The van der Waals surface area contributed by atoms with Crippen LogP contribution in [0.1, 0.15) is 30.7 Å². The van der Waals surface area contributed by atoms with Crippen molar-refractivity contribution in [3.8, 4) is 11.3 Å². The lowest BCUT2D eigenvalue weighted by Crippen LogP contribution is -2.50. The Morgan fingerprint density at radius 3 is 2.96 bits per heavy atom. The first-order valence-electron chi connectivity index (χ1n) is 9.23. The predicted octanol–water partition coefficient (Wildman–Crippen LogP) is 3.01. The third-order valence-electron chi connectivity index (χ3n) is 5.61. The van der Waals surface area contributed by atoms with Crippen molar-refractivity contribution in [2.24, 2.45) is 5.92 Å². The average Bonchev–Trinajstić information content (AvgIpc) is 3.25. The van der Waals surface area contributed by atoms with E-state index in [2.05, 4.69) is 28.9 Å². The van der Waals surface area contributed by atoms with Gasteiger partial charge in [-0.25, -0.2) is 4.98 Å². The summed E-state index contributed by atoms with van der Waals surface area (Å²) < 4.78 is 11.7. The van der Waals surface area contributed by atoms with E-state index in [1.165, 1.54) is 5.56 Å². The zero-order valence-corrected chi connectivity index (χ0v) is 14.7. The molecule has 1 aromatic carbocycles. The van der Waals surface area contributed by atoms with Crippen molar-refractivity contribution in [3.63, 3.8) is 0 Å². The minimum Gasteiger partial charge on any atom is -0.439 e. The average molecular weight is 342 g/mol. The largest absolute Gasteiger partial charge is 0.439 e. The van der Waals surface area contributed by atoms with E-state index in [4.69, 9.17) is 9.15 Å². The molecule has 134 valence electrons. The van der Waals surface area contributed by atoms with Gasteiger partial charge in [0.1, 0.15) is 0 Å². The minimum atomic E-state index is -0.207. The zero-order chi connectivity index (χ0) is 17.2. The summed E-state index contributed by atoms with van der Waals surface area (Å²) in [6.07, 6.45) is 4.70. The Kier molecular flexibility index (Phi) is 4.88. The van der Waals surface area contributed by atoms with Crippen molar-refractivity contribution in [2.45, 2.75) is 44.9 Å². The second-order valence-electron chi connectivity index (χ2n) is 7.21. The molecule has 1 N–H and O–H groups in total. The number of hydrogen-bond acceptors (Lipinski definition) is 5. The van der Waals surface area contributed by atoms with E-state index in [0.29, 0.717) is 19.1 Å². The van der Waals surface area contributed by atoms with Gasteiger partial charge in [0.05, 0.1) is 32.1 Å². The summed E-state index contributed by atoms with van der Waals surface area (Å²) in [5.74, 6) is 1.85. The summed E-state index contributed by atoms with van der Waals surface area (Å²) in [5, 5.41) is 10.3. The molecule has 1 saturated heterocycles. The number of aryl methyl sites for hydroxylation is 1. The van der Waals surface area contributed by atoms with Crippen molar-refractivity contribution in [2.75, 3.05) is 19.8 Å². The molecule has 0 bridgehead atoms. The maximum absolute atomic E-state index is 10.3. The molecule has 5 heteroatoms. The first-order chi connectivity index (χ1) is 12.2. The lowest BCUT2D eigenvalue weighted by molar-refractivity contribution is -0.0562. The van der Waals surface area contributed by atoms with Crippen molar-refractivity contribution in [3.05, 3.63) is 41.9 Å². The molecule has 0 amide bonds. The number of aliphatic hydroxyl groups excluding tert-OH is 1. The van der Waals surface area contributed by atoms with Crippen molar-refractivity contribution in [1.29, 1.82) is 0 Å².